The van der Waals surface area contributed by atoms with E-state index in [0.717, 1.165) is 41.8 Å². The fourth-order valence-corrected chi connectivity index (χ4v) is 3.80. The summed E-state index contributed by atoms with van der Waals surface area (Å²) in [6.45, 7) is 4.11. The Morgan fingerprint density at radius 1 is 1.07 bits per heavy atom. The van der Waals surface area contributed by atoms with E-state index in [0.29, 0.717) is 5.56 Å². The number of hydrogen-bond acceptors (Lipinski definition) is 3. The van der Waals surface area contributed by atoms with Crippen molar-refractivity contribution in [1.29, 1.82) is 0 Å². The lowest BCUT2D eigenvalue weighted by Gasteiger charge is -2.21. The van der Waals surface area contributed by atoms with Crippen LogP contribution < -0.4 is 10.2 Å². The van der Waals surface area contributed by atoms with Crippen LogP contribution in [-0.2, 0) is 0 Å². The molecular weight excluding hydrogens is 334 g/mol. The van der Waals surface area contributed by atoms with E-state index in [-0.39, 0.29) is 11.9 Å². The summed E-state index contributed by atoms with van der Waals surface area (Å²) in [5, 5.41) is 4.13. The first-order valence-corrected chi connectivity index (χ1v) is 9.77. The summed E-state index contributed by atoms with van der Waals surface area (Å²) in [6, 6.07) is 20.0. The van der Waals surface area contributed by atoms with E-state index in [2.05, 4.69) is 29.3 Å². The summed E-state index contributed by atoms with van der Waals surface area (Å²) in [5.74, 6) is 0.869. The largest absolute Gasteiger partial charge is 0.357 e. The molecule has 2 aromatic carbocycles. The van der Waals surface area contributed by atoms with Gasteiger partial charge in [-0.05, 0) is 37.0 Å². The molecule has 27 heavy (non-hydrogen) atoms. The molecule has 0 aliphatic carbocycles. The number of hydrogen-bond donors (Lipinski definition) is 1. The first kappa shape index (κ1) is 17.5. The van der Waals surface area contributed by atoms with Gasteiger partial charge < -0.3 is 10.2 Å². The zero-order chi connectivity index (χ0) is 18.6. The highest BCUT2D eigenvalue weighted by Crippen LogP contribution is 2.26. The van der Waals surface area contributed by atoms with Gasteiger partial charge in [-0.1, -0.05) is 55.5 Å². The summed E-state index contributed by atoms with van der Waals surface area (Å²) in [6.07, 6.45) is 3.21. The van der Waals surface area contributed by atoms with Gasteiger partial charge >= 0.3 is 0 Å². The third-order valence-electron chi connectivity index (χ3n) is 5.29. The Bertz CT molecular complexity index is 933. The molecule has 1 amide bonds. The quantitative estimate of drug-likeness (QED) is 0.717. The third kappa shape index (κ3) is 3.65. The van der Waals surface area contributed by atoms with Crippen LogP contribution in [0.1, 0.15) is 48.1 Å². The molecule has 1 atom stereocenters. The maximum Gasteiger partial charge on any atom is 0.252 e. The van der Waals surface area contributed by atoms with Crippen molar-refractivity contribution in [1.82, 2.24) is 10.3 Å². The van der Waals surface area contributed by atoms with Crippen LogP contribution in [0.3, 0.4) is 0 Å². The molecular formula is C23H25N3O. The predicted octanol–water partition coefficient (Wildman–Crippen LogP) is 4.72. The van der Waals surface area contributed by atoms with Crippen molar-refractivity contribution in [2.75, 3.05) is 18.0 Å². The Kier molecular flexibility index (Phi) is 5.05. The maximum atomic E-state index is 13.2. The Morgan fingerprint density at radius 2 is 1.78 bits per heavy atom. The topological polar surface area (TPSA) is 45.2 Å². The highest BCUT2D eigenvalue weighted by atomic mass is 16.1. The van der Waals surface area contributed by atoms with Gasteiger partial charge in [0, 0.05) is 18.5 Å². The van der Waals surface area contributed by atoms with Crippen molar-refractivity contribution in [3.63, 3.8) is 0 Å². The van der Waals surface area contributed by atoms with Crippen molar-refractivity contribution < 1.29 is 4.79 Å². The smallest absolute Gasteiger partial charge is 0.252 e. The second-order valence-electron chi connectivity index (χ2n) is 7.08. The second-order valence-corrected chi connectivity index (χ2v) is 7.08. The Labute approximate surface area is 160 Å². The Balaban J connectivity index is 1.69. The summed E-state index contributed by atoms with van der Waals surface area (Å²) in [4.78, 5) is 20.3. The van der Waals surface area contributed by atoms with Gasteiger partial charge in [0.05, 0.1) is 17.1 Å². The highest BCUT2D eigenvalue weighted by Gasteiger charge is 2.20. The highest BCUT2D eigenvalue weighted by molar-refractivity contribution is 6.07. The molecule has 0 radical (unpaired) electrons. The number of pyridine rings is 1. The summed E-state index contributed by atoms with van der Waals surface area (Å²) in [5.41, 5.74) is 2.71. The molecule has 1 saturated heterocycles. The molecule has 4 heteroatoms. The molecule has 3 aromatic rings. The predicted molar refractivity (Wildman–Crippen MR) is 110 cm³/mol. The van der Waals surface area contributed by atoms with Crippen molar-refractivity contribution in [3.05, 3.63) is 71.8 Å². The number of benzene rings is 2. The van der Waals surface area contributed by atoms with E-state index in [1.54, 1.807) is 0 Å². The average molecular weight is 359 g/mol. The summed E-state index contributed by atoms with van der Waals surface area (Å²) >= 11 is 0. The number of nitrogens with one attached hydrogen (secondary N) is 1. The summed E-state index contributed by atoms with van der Waals surface area (Å²) < 4.78 is 0. The van der Waals surface area contributed by atoms with Crippen LogP contribution in [0.25, 0.3) is 10.9 Å². The number of carbonyl (C=O) groups excluding carboxylic acids is 1. The molecule has 1 aliphatic rings. The molecule has 1 fully saturated rings. The number of amides is 1. The monoisotopic (exact) mass is 359 g/mol. The van der Waals surface area contributed by atoms with E-state index in [4.69, 9.17) is 4.98 Å². The van der Waals surface area contributed by atoms with E-state index in [1.807, 2.05) is 48.5 Å². The molecule has 1 N–H and O–H groups in total. The fraction of sp³-hybridized carbons (Fsp3) is 0.304. The lowest BCUT2D eigenvalue weighted by molar-refractivity contribution is 0.0937. The zero-order valence-corrected chi connectivity index (χ0v) is 15.7. The molecule has 0 bridgehead atoms. The number of rotatable bonds is 5. The van der Waals surface area contributed by atoms with E-state index in [9.17, 15) is 4.79 Å². The maximum absolute atomic E-state index is 13.2. The number of para-hydroxylation sites is 1. The number of nitrogens with zero attached hydrogens (tertiary/aromatic N) is 2. The van der Waals surface area contributed by atoms with Crippen LogP contribution >= 0.6 is 0 Å². The lowest BCUT2D eigenvalue weighted by atomic mass is 10.0. The minimum Gasteiger partial charge on any atom is -0.357 e. The molecule has 1 aliphatic heterocycles. The number of carbonyl (C=O) groups is 1. The standard InChI is InChI=1S/C23H25N3O/c1-2-20(17-10-4-3-5-11-17)25-23(27)19-16-22(26-14-8-9-15-26)24-21-13-7-6-12-18(19)21/h3-7,10-13,16,20H,2,8-9,14-15H2,1H3,(H,25,27)/t20-/m0/s1. The minimum atomic E-state index is -0.0373. The second kappa shape index (κ2) is 7.78. The van der Waals surface area contributed by atoms with Gasteiger partial charge in [0.2, 0.25) is 0 Å². The molecule has 0 spiro atoms. The SMILES string of the molecule is CC[C@H](NC(=O)c1cc(N2CCCC2)nc2ccccc12)c1ccccc1. The Morgan fingerprint density at radius 3 is 2.52 bits per heavy atom. The van der Waals surface area contributed by atoms with E-state index in [1.165, 1.54) is 12.8 Å². The zero-order valence-electron chi connectivity index (χ0n) is 15.7. The normalized spacial score (nSPS) is 15.1. The summed E-state index contributed by atoms with van der Waals surface area (Å²) in [7, 11) is 0. The Hall–Kier alpha value is -2.88. The van der Waals surface area contributed by atoms with Crippen molar-refractivity contribution >= 4 is 22.6 Å². The average Bonchev–Trinajstić information content (AvgIpc) is 3.26. The lowest BCUT2D eigenvalue weighted by Crippen LogP contribution is -2.29. The molecule has 138 valence electrons. The molecule has 1 aromatic heterocycles. The van der Waals surface area contributed by atoms with Crippen LogP contribution in [-0.4, -0.2) is 24.0 Å². The first-order chi connectivity index (χ1) is 13.3. The van der Waals surface area contributed by atoms with Gasteiger partial charge in [0.1, 0.15) is 5.82 Å². The molecule has 4 rings (SSSR count). The molecule has 0 unspecified atom stereocenters. The van der Waals surface area contributed by atoms with Gasteiger partial charge in [-0.25, -0.2) is 4.98 Å². The van der Waals surface area contributed by atoms with Gasteiger partial charge in [-0.15, -0.1) is 0 Å². The van der Waals surface area contributed by atoms with Crippen molar-refractivity contribution in [2.24, 2.45) is 0 Å². The third-order valence-corrected chi connectivity index (χ3v) is 5.29. The fourth-order valence-electron chi connectivity index (χ4n) is 3.80. The van der Waals surface area contributed by atoms with Gasteiger partial charge in [0.25, 0.3) is 5.91 Å². The van der Waals surface area contributed by atoms with Crippen LogP contribution in [0, 0.1) is 0 Å². The van der Waals surface area contributed by atoms with Crippen molar-refractivity contribution in [2.45, 2.75) is 32.2 Å². The molecule has 4 nitrogen and oxygen atoms in total. The first-order valence-electron chi connectivity index (χ1n) is 9.77. The van der Waals surface area contributed by atoms with Gasteiger partial charge in [-0.3, -0.25) is 4.79 Å². The number of anilines is 1. The van der Waals surface area contributed by atoms with E-state index >= 15 is 0 Å². The van der Waals surface area contributed by atoms with Gasteiger partial charge in [-0.2, -0.15) is 0 Å². The van der Waals surface area contributed by atoms with Crippen LogP contribution in [0.4, 0.5) is 5.82 Å². The molecule has 0 saturated carbocycles. The van der Waals surface area contributed by atoms with Crippen LogP contribution in [0.2, 0.25) is 0 Å². The number of fused-ring (bicyclic) bond motifs is 1. The molecule has 2 heterocycles. The van der Waals surface area contributed by atoms with Crippen LogP contribution in [0.5, 0.6) is 0 Å². The van der Waals surface area contributed by atoms with E-state index < -0.39 is 0 Å². The minimum absolute atomic E-state index is 0.000800. The van der Waals surface area contributed by atoms with Gasteiger partial charge in [0.15, 0.2) is 0 Å². The number of aromatic nitrogens is 1. The van der Waals surface area contributed by atoms with Crippen LogP contribution in [0.15, 0.2) is 60.7 Å². The van der Waals surface area contributed by atoms with Crippen molar-refractivity contribution in [3.8, 4) is 0 Å².